The van der Waals surface area contributed by atoms with Crippen LogP contribution in [0.4, 0.5) is 5.69 Å². The van der Waals surface area contributed by atoms with E-state index in [1.165, 1.54) is 24.3 Å². The van der Waals surface area contributed by atoms with Crippen molar-refractivity contribution in [2.45, 2.75) is 18.6 Å². The molecule has 3 rings (SSSR count). The number of nitrogens with two attached hydrogens (primary N) is 1. The molecule has 0 saturated heterocycles. The molecule has 3 N–H and O–H groups in total. The van der Waals surface area contributed by atoms with E-state index in [-0.39, 0.29) is 35.4 Å². The number of amides is 2. The van der Waals surface area contributed by atoms with Gasteiger partial charge in [0.05, 0.1) is 5.56 Å². The minimum Gasteiger partial charge on any atom is -0.454 e. The molecule has 30 heavy (non-hydrogen) atoms. The maximum Gasteiger partial charge on any atom is 0.338 e. The van der Waals surface area contributed by atoms with Crippen molar-refractivity contribution in [1.82, 2.24) is 0 Å². The number of aryl methyl sites for hydroxylation is 1. The van der Waals surface area contributed by atoms with Crippen LogP contribution in [0.1, 0.15) is 32.7 Å². The summed E-state index contributed by atoms with van der Waals surface area (Å²) in [4.78, 5) is 51.4. The number of ketones is 1. The number of thioether (sulfide) groups is 1. The predicted octanol–water partition coefficient (Wildman–Crippen LogP) is 2.32. The standard InChI is InChI=1S/C21H19N3O5S/c1-12-2-4-13(5-3-12)16(25)11-29-20(28)14-6-8-15(9-7-14)23-18(26)10-17-19(27)24-21(22)30-17/h2-9,17H,10-11H2,1H3,(H,23,26)(H2,22,24,27). The third-order valence-corrected chi connectivity index (χ3v) is 5.23. The fourth-order valence-corrected chi connectivity index (χ4v) is 3.46. The zero-order valence-corrected chi connectivity index (χ0v) is 16.9. The van der Waals surface area contributed by atoms with E-state index >= 15 is 0 Å². The SMILES string of the molecule is Cc1ccc(C(=O)COC(=O)c2ccc(NC(=O)CC3SC(N)=NC3=O)cc2)cc1. The molecule has 8 nitrogen and oxygen atoms in total. The minimum atomic E-state index is -0.645. The number of rotatable bonds is 7. The lowest BCUT2D eigenvalue weighted by molar-refractivity contribution is -0.121. The van der Waals surface area contributed by atoms with Gasteiger partial charge in [-0.1, -0.05) is 41.6 Å². The molecular formula is C21H19N3O5S. The van der Waals surface area contributed by atoms with Crippen LogP contribution in [0.25, 0.3) is 0 Å². The Morgan fingerprint density at radius 3 is 2.30 bits per heavy atom. The number of esters is 1. The smallest absolute Gasteiger partial charge is 0.338 e. The number of anilines is 1. The average molecular weight is 425 g/mol. The highest BCUT2D eigenvalue weighted by molar-refractivity contribution is 8.15. The van der Waals surface area contributed by atoms with Crippen LogP contribution in [-0.4, -0.2) is 40.6 Å². The van der Waals surface area contributed by atoms with Gasteiger partial charge in [0.25, 0.3) is 5.91 Å². The molecule has 1 aliphatic heterocycles. The fraction of sp³-hybridized carbons (Fsp3) is 0.190. The van der Waals surface area contributed by atoms with Crippen molar-refractivity contribution in [2.24, 2.45) is 10.7 Å². The molecule has 0 aromatic heterocycles. The van der Waals surface area contributed by atoms with E-state index in [0.29, 0.717) is 11.3 Å². The monoisotopic (exact) mass is 425 g/mol. The molecule has 1 atom stereocenters. The van der Waals surface area contributed by atoms with Crippen molar-refractivity contribution < 1.29 is 23.9 Å². The largest absolute Gasteiger partial charge is 0.454 e. The van der Waals surface area contributed by atoms with Crippen LogP contribution in [-0.2, 0) is 14.3 Å². The highest BCUT2D eigenvalue weighted by Gasteiger charge is 2.29. The number of aliphatic imine (C=N–C) groups is 1. The number of Topliss-reactive ketones (excluding diaryl/α,β-unsaturated/α-hetero) is 1. The summed E-state index contributed by atoms with van der Waals surface area (Å²) in [5.74, 6) is -1.74. The number of nitrogens with zero attached hydrogens (tertiary/aromatic N) is 1. The molecule has 0 spiro atoms. The summed E-state index contributed by atoms with van der Waals surface area (Å²) in [5.41, 5.74) is 7.66. The highest BCUT2D eigenvalue weighted by Crippen LogP contribution is 2.23. The molecule has 1 unspecified atom stereocenters. The first-order valence-electron chi connectivity index (χ1n) is 9.03. The summed E-state index contributed by atoms with van der Waals surface area (Å²) < 4.78 is 5.07. The van der Waals surface area contributed by atoms with E-state index in [1.807, 2.05) is 19.1 Å². The van der Waals surface area contributed by atoms with Crippen LogP contribution in [0.2, 0.25) is 0 Å². The first kappa shape index (κ1) is 21.3. The third-order valence-electron chi connectivity index (χ3n) is 4.24. The van der Waals surface area contributed by atoms with Gasteiger partial charge >= 0.3 is 5.97 Å². The van der Waals surface area contributed by atoms with Crippen molar-refractivity contribution in [2.75, 3.05) is 11.9 Å². The summed E-state index contributed by atoms with van der Waals surface area (Å²) in [6, 6.07) is 13.0. The quantitative estimate of drug-likeness (QED) is 0.515. The molecular weight excluding hydrogens is 406 g/mol. The van der Waals surface area contributed by atoms with Crippen LogP contribution in [0.5, 0.6) is 0 Å². The molecule has 0 saturated carbocycles. The maximum absolute atomic E-state index is 12.1. The van der Waals surface area contributed by atoms with Crippen LogP contribution in [0.15, 0.2) is 53.5 Å². The molecule has 1 aliphatic rings. The van der Waals surface area contributed by atoms with E-state index < -0.39 is 17.1 Å². The molecule has 9 heteroatoms. The van der Waals surface area contributed by atoms with E-state index in [4.69, 9.17) is 10.5 Å². The number of hydrogen-bond donors (Lipinski definition) is 2. The van der Waals surface area contributed by atoms with Crippen molar-refractivity contribution in [1.29, 1.82) is 0 Å². The Hall–Kier alpha value is -3.46. The summed E-state index contributed by atoms with van der Waals surface area (Å²) in [6.45, 7) is 1.55. The van der Waals surface area contributed by atoms with Gasteiger partial charge in [-0.25, -0.2) is 4.79 Å². The zero-order valence-electron chi connectivity index (χ0n) is 16.1. The van der Waals surface area contributed by atoms with Crippen molar-refractivity contribution in [3.63, 3.8) is 0 Å². The van der Waals surface area contributed by atoms with Crippen LogP contribution < -0.4 is 11.1 Å². The second-order valence-electron chi connectivity index (χ2n) is 6.59. The first-order chi connectivity index (χ1) is 14.3. The molecule has 0 radical (unpaired) electrons. The Kier molecular flexibility index (Phi) is 6.63. The van der Waals surface area contributed by atoms with E-state index in [9.17, 15) is 19.2 Å². The maximum atomic E-state index is 12.1. The number of hydrogen-bond acceptors (Lipinski definition) is 7. The molecule has 2 aromatic carbocycles. The molecule has 154 valence electrons. The summed E-state index contributed by atoms with van der Waals surface area (Å²) in [5, 5.41) is 2.18. The van der Waals surface area contributed by atoms with Crippen LogP contribution in [0, 0.1) is 6.92 Å². The van der Waals surface area contributed by atoms with Crippen LogP contribution >= 0.6 is 11.8 Å². The Morgan fingerprint density at radius 1 is 1.07 bits per heavy atom. The normalized spacial score (nSPS) is 15.4. The molecule has 1 heterocycles. The highest BCUT2D eigenvalue weighted by atomic mass is 32.2. The lowest BCUT2D eigenvalue weighted by Gasteiger charge is -2.09. The average Bonchev–Trinajstić information content (AvgIpc) is 3.03. The number of ether oxygens (including phenoxy) is 1. The minimum absolute atomic E-state index is 0.0569. The number of nitrogens with one attached hydrogen (secondary N) is 1. The van der Waals surface area contributed by atoms with Gasteiger partial charge in [-0.05, 0) is 31.2 Å². The lowest BCUT2D eigenvalue weighted by atomic mass is 10.1. The van der Waals surface area contributed by atoms with Crippen molar-refractivity contribution in [3.05, 3.63) is 65.2 Å². The molecule has 0 fully saturated rings. The summed E-state index contributed by atoms with van der Waals surface area (Å²) in [6.07, 6.45) is -0.0569. The van der Waals surface area contributed by atoms with Crippen molar-refractivity contribution in [3.8, 4) is 0 Å². The van der Waals surface area contributed by atoms with E-state index in [2.05, 4.69) is 10.3 Å². The van der Waals surface area contributed by atoms with Gasteiger partial charge in [-0.2, -0.15) is 4.99 Å². The summed E-state index contributed by atoms with van der Waals surface area (Å²) in [7, 11) is 0. The zero-order chi connectivity index (χ0) is 21.7. The second-order valence-corrected chi connectivity index (χ2v) is 7.81. The first-order valence-corrected chi connectivity index (χ1v) is 9.91. The lowest BCUT2D eigenvalue weighted by Crippen LogP contribution is -2.21. The number of carbonyl (C=O) groups excluding carboxylic acids is 4. The predicted molar refractivity (Wildman–Crippen MR) is 113 cm³/mol. The van der Waals surface area contributed by atoms with Gasteiger partial charge in [-0.3, -0.25) is 14.4 Å². The summed E-state index contributed by atoms with van der Waals surface area (Å²) >= 11 is 1.05. The fourth-order valence-electron chi connectivity index (χ4n) is 2.64. The number of amidine groups is 1. The Balaban J connectivity index is 1.49. The third kappa shape index (κ3) is 5.54. The second kappa shape index (κ2) is 9.36. The van der Waals surface area contributed by atoms with Crippen molar-refractivity contribution >= 4 is 46.2 Å². The number of benzene rings is 2. The Bertz CT molecular complexity index is 1020. The van der Waals surface area contributed by atoms with Gasteiger partial charge in [0.2, 0.25) is 5.91 Å². The van der Waals surface area contributed by atoms with Gasteiger partial charge in [-0.15, -0.1) is 0 Å². The van der Waals surface area contributed by atoms with Gasteiger partial charge in [0.15, 0.2) is 17.6 Å². The van der Waals surface area contributed by atoms with E-state index in [0.717, 1.165) is 17.3 Å². The van der Waals surface area contributed by atoms with Gasteiger partial charge in [0.1, 0.15) is 5.25 Å². The molecule has 0 aliphatic carbocycles. The molecule has 2 amide bonds. The van der Waals surface area contributed by atoms with Crippen LogP contribution in [0.3, 0.4) is 0 Å². The Labute approximate surface area is 176 Å². The van der Waals surface area contributed by atoms with Gasteiger partial charge in [0, 0.05) is 17.7 Å². The Morgan fingerprint density at radius 2 is 1.70 bits per heavy atom. The topological polar surface area (TPSA) is 128 Å². The molecule has 2 aromatic rings. The van der Waals surface area contributed by atoms with E-state index in [1.54, 1.807) is 12.1 Å². The van der Waals surface area contributed by atoms with Gasteiger partial charge < -0.3 is 15.8 Å². The molecule has 0 bridgehead atoms. The number of carbonyl (C=O) groups is 4.